The fraction of sp³-hybridized carbons (Fsp3) is 0.444. The van der Waals surface area contributed by atoms with Gasteiger partial charge in [-0.05, 0) is 24.6 Å². The maximum atomic E-state index is 11.6. The SMILES string of the molecule is NCC1CC(=O)N(c2ccc(Cl)nn2)C1. The van der Waals surface area contributed by atoms with E-state index in [1.807, 2.05) is 0 Å². The van der Waals surface area contributed by atoms with Crippen molar-refractivity contribution in [3.63, 3.8) is 0 Å². The van der Waals surface area contributed by atoms with E-state index in [4.69, 9.17) is 17.3 Å². The highest BCUT2D eigenvalue weighted by atomic mass is 35.5. The number of hydrogen-bond donors (Lipinski definition) is 1. The van der Waals surface area contributed by atoms with Crippen LogP contribution in [0.4, 0.5) is 5.82 Å². The summed E-state index contributed by atoms with van der Waals surface area (Å²) in [5.41, 5.74) is 5.52. The zero-order valence-corrected chi connectivity index (χ0v) is 8.81. The maximum absolute atomic E-state index is 11.6. The summed E-state index contributed by atoms with van der Waals surface area (Å²) < 4.78 is 0. The smallest absolute Gasteiger partial charge is 0.228 e. The molecule has 80 valence electrons. The predicted octanol–water partition coefficient (Wildman–Crippen LogP) is 0.442. The van der Waals surface area contributed by atoms with E-state index in [2.05, 4.69) is 10.2 Å². The first kappa shape index (κ1) is 10.3. The number of nitrogens with two attached hydrogens (primary N) is 1. The molecule has 1 amide bonds. The Labute approximate surface area is 92.2 Å². The summed E-state index contributed by atoms with van der Waals surface area (Å²) in [5, 5.41) is 7.88. The monoisotopic (exact) mass is 226 g/mol. The normalized spacial score (nSPS) is 21.1. The predicted molar refractivity (Wildman–Crippen MR) is 56.6 cm³/mol. The topological polar surface area (TPSA) is 72.1 Å². The van der Waals surface area contributed by atoms with Crippen LogP contribution in [0.3, 0.4) is 0 Å². The highest BCUT2D eigenvalue weighted by Gasteiger charge is 2.30. The highest BCUT2D eigenvalue weighted by Crippen LogP contribution is 2.22. The van der Waals surface area contributed by atoms with Crippen molar-refractivity contribution in [3.05, 3.63) is 17.3 Å². The first-order chi connectivity index (χ1) is 7.20. The molecule has 5 nitrogen and oxygen atoms in total. The van der Waals surface area contributed by atoms with Gasteiger partial charge in [-0.25, -0.2) is 0 Å². The molecule has 2 heterocycles. The average Bonchev–Trinajstić information content (AvgIpc) is 2.61. The van der Waals surface area contributed by atoms with Gasteiger partial charge in [0, 0.05) is 13.0 Å². The number of aromatic nitrogens is 2. The van der Waals surface area contributed by atoms with Gasteiger partial charge in [0.15, 0.2) is 11.0 Å². The van der Waals surface area contributed by atoms with Crippen LogP contribution in [-0.4, -0.2) is 29.2 Å². The van der Waals surface area contributed by atoms with E-state index in [1.54, 1.807) is 17.0 Å². The molecule has 1 aliphatic rings. The second kappa shape index (κ2) is 4.12. The van der Waals surface area contributed by atoms with Crippen LogP contribution in [0.15, 0.2) is 12.1 Å². The van der Waals surface area contributed by atoms with E-state index >= 15 is 0 Å². The van der Waals surface area contributed by atoms with Gasteiger partial charge in [0.2, 0.25) is 5.91 Å². The van der Waals surface area contributed by atoms with Crippen molar-refractivity contribution in [3.8, 4) is 0 Å². The number of carbonyl (C=O) groups is 1. The summed E-state index contributed by atoms with van der Waals surface area (Å²) >= 11 is 5.61. The van der Waals surface area contributed by atoms with Crippen LogP contribution >= 0.6 is 11.6 Å². The van der Waals surface area contributed by atoms with E-state index in [-0.39, 0.29) is 11.8 Å². The first-order valence-electron chi connectivity index (χ1n) is 4.70. The van der Waals surface area contributed by atoms with Crippen LogP contribution in [-0.2, 0) is 4.79 Å². The molecular formula is C9H11ClN4O. The second-order valence-electron chi connectivity index (χ2n) is 3.52. The van der Waals surface area contributed by atoms with Crippen LogP contribution in [0.2, 0.25) is 5.15 Å². The van der Waals surface area contributed by atoms with E-state index in [0.717, 1.165) is 0 Å². The number of amides is 1. The Hall–Kier alpha value is -1.20. The number of nitrogens with zero attached hydrogens (tertiary/aromatic N) is 3. The fourth-order valence-corrected chi connectivity index (χ4v) is 1.71. The molecule has 2 N–H and O–H groups in total. The summed E-state index contributed by atoms with van der Waals surface area (Å²) in [4.78, 5) is 13.2. The first-order valence-corrected chi connectivity index (χ1v) is 5.08. The molecule has 1 atom stereocenters. The molecule has 1 aliphatic heterocycles. The Kier molecular flexibility index (Phi) is 2.83. The Balaban J connectivity index is 2.18. The lowest BCUT2D eigenvalue weighted by Gasteiger charge is -2.13. The van der Waals surface area contributed by atoms with Crippen molar-refractivity contribution in [1.29, 1.82) is 0 Å². The summed E-state index contributed by atoms with van der Waals surface area (Å²) in [6.45, 7) is 1.13. The lowest BCUT2D eigenvalue weighted by molar-refractivity contribution is -0.117. The van der Waals surface area contributed by atoms with Crippen LogP contribution in [0.1, 0.15) is 6.42 Å². The number of rotatable bonds is 2. The van der Waals surface area contributed by atoms with E-state index in [1.165, 1.54) is 0 Å². The zero-order chi connectivity index (χ0) is 10.8. The molecule has 0 bridgehead atoms. The van der Waals surface area contributed by atoms with Crippen molar-refractivity contribution in [2.45, 2.75) is 6.42 Å². The highest BCUT2D eigenvalue weighted by molar-refractivity contribution is 6.29. The molecule has 1 saturated heterocycles. The van der Waals surface area contributed by atoms with E-state index in [0.29, 0.717) is 30.5 Å². The maximum Gasteiger partial charge on any atom is 0.228 e. The van der Waals surface area contributed by atoms with Gasteiger partial charge in [-0.2, -0.15) is 0 Å². The van der Waals surface area contributed by atoms with Gasteiger partial charge in [-0.3, -0.25) is 9.69 Å². The minimum absolute atomic E-state index is 0.0436. The van der Waals surface area contributed by atoms with Crippen molar-refractivity contribution in [1.82, 2.24) is 10.2 Å². The van der Waals surface area contributed by atoms with Gasteiger partial charge in [-0.15, -0.1) is 10.2 Å². The minimum Gasteiger partial charge on any atom is -0.330 e. The molecule has 1 unspecified atom stereocenters. The molecule has 6 heteroatoms. The molecule has 0 aromatic carbocycles. The Morgan fingerprint density at radius 3 is 2.87 bits per heavy atom. The number of hydrogen-bond acceptors (Lipinski definition) is 4. The van der Waals surface area contributed by atoms with Gasteiger partial charge in [0.05, 0.1) is 0 Å². The van der Waals surface area contributed by atoms with Crippen molar-refractivity contribution < 1.29 is 4.79 Å². The molecule has 1 aromatic heterocycles. The van der Waals surface area contributed by atoms with Crippen LogP contribution in [0.5, 0.6) is 0 Å². The number of anilines is 1. The van der Waals surface area contributed by atoms with Crippen LogP contribution < -0.4 is 10.6 Å². The van der Waals surface area contributed by atoms with Gasteiger partial charge < -0.3 is 5.73 Å². The van der Waals surface area contributed by atoms with Crippen LogP contribution in [0, 0.1) is 5.92 Å². The molecule has 0 spiro atoms. The largest absolute Gasteiger partial charge is 0.330 e. The third-order valence-corrected chi connectivity index (χ3v) is 2.63. The molecule has 1 aromatic rings. The van der Waals surface area contributed by atoms with Crippen molar-refractivity contribution in [2.24, 2.45) is 11.7 Å². The molecule has 0 radical (unpaired) electrons. The molecule has 2 rings (SSSR count). The number of carbonyl (C=O) groups excluding carboxylic acids is 1. The van der Waals surface area contributed by atoms with Crippen LogP contribution in [0.25, 0.3) is 0 Å². The quantitative estimate of drug-likeness (QED) is 0.795. The van der Waals surface area contributed by atoms with Gasteiger partial charge in [0.25, 0.3) is 0 Å². The number of halogens is 1. The Bertz CT molecular complexity index is 367. The average molecular weight is 227 g/mol. The standard InChI is InChI=1S/C9H11ClN4O/c10-7-1-2-8(13-12-7)14-5-6(4-11)3-9(14)15/h1-2,6H,3-5,11H2. The summed E-state index contributed by atoms with van der Waals surface area (Å²) in [5.74, 6) is 0.803. The lowest BCUT2D eigenvalue weighted by atomic mass is 10.1. The molecular weight excluding hydrogens is 216 g/mol. The summed E-state index contributed by atoms with van der Waals surface area (Å²) in [6, 6.07) is 3.30. The third-order valence-electron chi connectivity index (χ3n) is 2.43. The van der Waals surface area contributed by atoms with Gasteiger partial charge in [-0.1, -0.05) is 11.6 Å². The van der Waals surface area contributed by atoms with Crippen molar-refractivity contribution >= 4 is 23.3 Å². The molecule has 0 aliphatic carbocycles. The fourth-order valence-electron chi connectivity index (χ4n) is 1.61. The Morgan fingerprint density at radius 1 is 1.53 bits per heavy atom. The van der Waals surface area contributed by atoms with E-state index < -0.39 is 0 Å². The second-order valence-corrected chi connectivity index (χ2v) is 3.91. The van der Waals surface area contributed by atoms with Gasteiger partial charge in [0.1, 0.15) is 0 Å². The van der Waals surface area contributed by atoms with Gasteiger partial charge >= 0.3 is 0 Å². The minimum atomic E-state index is 0.0436. The summed E-state index contributed by atoms with van der Waals surface area (Å²) in [6.07, 6.45) is 0.487. The van der Waals surface area contributed by atoms with E-state index in [9.17, 15) is 4.79 Å². The molecule has 15 heavy (non-hydrogen) atoms. The third kappa shape index (κ3) is 2.08. The zero-order valence-electron chi connectivity index (χ0n) is 8.06. The lowest BCUT2D eigenvalue weighted by Crippen LogP contribution is -2.26. The molecule has 0 saturated carbocycles. The molecule has 1 fully saturated rings. The Morgan fingerprint density at radius 2 is 2.33 bits per heavy atom. The summed E-state index contributed by atoms with van der Waals surface area (Å²) in [7, 11) is 0. The van der Waals surface area contributed by atoms with Crippen molar-refractivity contribution in [2.75, 3.05) is 18.0 Å².